The molecule has 3 aromatic rings. The van der Waals surface area contributed by atoms with E-state index in [0.717, 1.165) is 43.3 Å². The Bertz CT molecular complexity index is 1250. The third-order valence-corrected chi connectivity index (χ3v) is 7.45. The summed E-state index contributed by atoms with van der Waals surface area (Å²) in [7, 11) is 2.18. The van der Waals surface area contributed by atoms with Crippen LogP contribution < -0.4 is 15.5 Å². The lowest BCUT2D eigenvalue weighted by Crippen LogP contribution is -2.24. The lowest BCUT2D eigenvalue weighted by Gasteiger charge is -2.22. The Morgan fingerprint density at radius 2 is 1.61 bits per heavy atom. The number of nitrogen functional groups attached to an aromatic ring is 1. The molecule has 0 amide bonds. The normalized spacial score (nSPS) is 16.2. The summed E-state index contributed by atoms with van der Waals surface area (Å²) in [5.41, 5.74) is 17.1. The molecule has 1 aliphatic carbocycles. The maximum absolute atomic E-state index is 6.25. The van der Waals surface area contributed by atoms with Crippen molar-refractivity contribution >= 4 is 34.2 Å². The third-order valence-electron chi connectivity index (χ3n) is 7.14. The van der Waals surface area contributed by atoms with E-state index in [2.05, 4.69) is 77.7 Å². The minimum absolute atomic E-state index is 0.803. The zero-order chi connectivity index (χ0) is 23.1. The summed E-state index contributed by atoms with van der Waals surface area (Å²) in [5, 5.41) is 0.935. The number of nitrogens with two attached hydrogens (primary N) is 1. The molecule has 4 nitrogen and oxygen atoms in total. The molecule has 0 unspecified atom stereocenters. The van der Waals surface area contributed by atoms with E-state index in [4.69, 9.17) is 17.3 Å². The first kappa shape index (κ1) is 21.7. The van der Waals surface area contributed by atoms with Crippen LogP contribution in [-0.2, 0) is 7.05 Å². The summed E-state index contributed by atoms with van der Waals surface area (Å²) < 4.78 is 2.34. The van der Waals surface area contributed by atoms with E-state index in [0.29, 0.717) is 0 Å². The molecule has 33 heavy (non-hydrogen) atoms. The minimum atomic E-state index is 0.803. The quantitative estimate of drug-likeness (QED) is 0.455. The maximum Gasteiger partial charge on any atom is 0.0904 e. The highest BCUT2D eigenvalue weighted by Crippen LogP contribution is 2.40. The summed E-state index contributed by atoms with van der Waals surface area (Å²) >= 11 is 6.25. The number of hydrogen-bond acceptors (Lipinski definition) is 3. The van der Waals surface area contributed by atoms with Gasteiger partial charge in [0.2, 0.25) is 0 Å². The Hall–Kier alpha value is -3.11. The van der Waals surface area contributed by atoms with Crippen LogP contribution in [0.3, 0.4) is 0 Å². The van der Waals surface area contributed by atoms with E-state index in [9.17, 15) is 0 Å². The molecule has 1 fully saturated rings. The van der Waals surface area contributed by atoms with E-state index < -0.39 is 0 Å². The summed E-state index contributed by atoms with van der Waals surface area (Å²) in [6.07, 6.45) is 6.12. The summed E-state index contributed by atoms with van der Waals surface area (Å²) in [4.78, 5) is 4.85. The van der Waals surface area contributed by atoms with Gasteiger partial charge in [0.25, 0.3) is 0 Å². The number of hydrogen-bond donors (Lipinski definition) is 1. The smallest absolute Gasteiger partial charge is 0.0904 e. The Morgan fingerprint density at radius 3 is 2.30 bits per heavy atom. The van der Waals surface area contributed by atoms with Crippen molar-refractivity contribution in [3.8, 4) is 11.1 Å². The van der Waals surface area contributed by atoms with Gasteiger partial charge in [-0.05, 0) is 85.9 Å². The van der Waals surface area contributed by atoms with Gasteiger partial charge in [-0.2, -0.15) is 0 Å². The van der Waals surface area contributed by atoms with Crippen molar-refractivity contribution in [2.24, 2.45) is 7.05 Å². The fourth-order valence-corrected chi connectivity index (χ4v) is 5.19. The van der Waals surface area contributed by atoms with Gasteiger partial charge in [0.15, 0.2) is 0 Å². The highest BCUT2D eigenvalue weighted by molar-refractivity contribution is 6.30. The van der Waals surface area contributed by atoms with Gasteiger partial charge < -0.3 is 20.1 Å². The molecule has 0 bridgehead atoms. The molecule has 1 aromatic heterocycles. The van der Waals surface area contributed by atoms with Gasteiger partial charge in [0.1, 0.15) is 0 Å². The second kappa shape index (κ2) is 8.68. The van der Waals surface area contributed by atoms with Gasteiger partial charge in [-0.1, -0.05) is 29.8 Å². The average molecular weight is 459 g/mol. The first-order valence-electron chi connectivity index (χ1n) is 11.6. The number of rotatable bonds is 4. The zero-order valence-electron chi connectivity index (χ0n) is 19.6. The van der Waals surface area contributed by atoms with E-state index >= 15 is 0 Å². The first-order valence-corrected chi connectivity index (χ1v) is 12.0. The second-order valence-corrected chi connectivity index (χ2v) is 9.59. The van der Waals surface area contributed by atoms with Crippen LogP contribution in [0.2, 0.25) is 0 Å². The van der Waals surface area contributed by atoms with Gasteiger partial charge in [0.05, 0.1) is 12.4 Å². The Kier molecular flexibility index (Phi) is 5.71. The number of halogens is 1. The van der Waals surface area contributed by atoms with Gasteiger partial charge >= 0.3 is 0 Å². The maximum atomic E-state index is 6.25. The number of allylic oxidation sites excluding steroid dienone is 4. The summed E-state index contributed by atoms with van der Waals surface area (Å²) in [6.45, 7) is 7.33. The molecular formula is C28H31ClN4. The van der Waals surface area contributed by atoms with Crippen molar-refractivity contribution in [2.45, 2.75) is 26.7 Å². The molecule has 2 heterocycles. The van der Waals surface area contributed by atoms with Crippen LogP contribution in [0.1, 0.15) is 29.8 Å². The molecule has 0 saturated carbocycles. The molecule has 2 N–H and O–H groups in total. The molecule has 0 spiro atoms. The third kappa shape index (κ3) is 4.04. The van der Waals surface area contributed by atoms with Crippen LogP contribution in [-0.4, -0.2) is 24.3 Å². The van der Waals surface area contributed by atoms with Crippen LogP contribution >= 0.6 is 11.6 Å². The number of anilines is 3. The van der Waals surface area contributed by atoms with E-state index in [1.807, 2.05) is 18.2 Å². The summed E-state index contributed by atoms with van der Waals surface area (Å²) in [6, 6.07) is 17.2. The van der Waals surface area contributed by atoms with Crippen LogP contribution in [0.25, 0.3) is 16.7 Å². The molecule has 170 valence electrons. The molecular weight excluding hydrogens is 428 g/mol. The van der Waals surface area contributed by atoms with Crippen molar-refractivity contribution in [2.75, 3.05) is 35.3 Å². The summed E-state index contributed by atoms with van der Waals surface area (Å²) in [5.74, 6) is 0. The predicted molar refractivity (Wildman–Crippen MR) is 142 cm³/mol. The molecule has 5 rings (SSSR count). The number of nitrogens with zero attached hydrogens (tertiary/aromatic N) is 3. The fraction of sp³-hybridized carbons (Fsp3) is 0.286. The van der Waals surface area contributed by atoms with Gasteiger partial charge in [-0.15, -0.1) is 0 Å². The Balaban J connectivity index is 1.48. The lowest BCUT2D eigenvalue weighted by atomic mass is 9.93. The minimum Gasteiger partial charge on any atom is -0.399 e. The van der Waals surface area contributed by atoms with Crippen LogP contribution in [0.4, 0.5) is 17.1 Å². The Morgan fingerprint density at radius 1 is 0.879 bits per heavy atom. The van der Waals surface area contributed by atoms with Crippen molar-refractivity contribution in [1.29, 1.82) is 0 Å². The number of benzene rings is 2. The van der Waals surface area contributed by atoms with Gasteiger partial charge in [0, 0.05) is 53.5 Å². The first-order chi connectivity index (χ1) is 15.9. The highest BCUT2D eigenvalue weighted by Gasteiger charge is 2.24. The Labute approximate surface area is 201 Å². The molecule has 2 aliphatic rings. The monoisotopic (exact) mass is 458 g/mol. The fourth-order valence-electron chi connectivity index (χ4n) is 5.04. The van der Waals surface area contributed by atoms with Crippen LogP contribution in [0.5, 0.6) is 0 Å². The van der Waals surface area contributed by atoms with Crippen LogP contribution in [0, 0.1) is 13.8 Å². The topological polar surface area (TPSA) is 37.4 Å². The molecule has 1 aliphatic heterocycles. The average Bonchev–Trinajstić information content (AvgIpc) is 3.40. The highest BCUT2D eigenvalue weighted by atomic mass is 35.5. The number of aromatic nitrogens is 1. The van der Waals surface area contributed by atoms with Crippen molar-refractivity contribution in [3.05, 3.63) is 82.7 Å². The molecule has 1 saturated heterocycles. The van der Waals surface area contributed by atoms with E-state index in [1.165, 1.54) is 45.0 Å². The lowest BCUT2D eigenvalue weighted by molar-refractivity contribution is 0.851. The molecule has 0 atom stereocenters. The standard InChI is InChI=1S/C28H31ClN4/c1-19-20(2)31(3)28(21-7-9-23(29)10-8-21)27(19)22-5-4-6-26(17-22)33-16-15-32(18-33)25-13-11-24(30)12-14-25/h4-7,9,11-14,17H,8,10,15-16,18,30H2,1-3H3. The van der Waals surface area contributed by atoms with Gasteiger partial charge in [-0.25, -0.2) is 0 Å². The zero-order valence-corrected chi connectivity index (χ0v) is 20.4. The van der Waals surface area contributed by atoms with E-state index in [-0.39, 0.29) is 0 Å². The second-order valence-electron chi connectivity index (χ2n) is 9.11. The van der Waals surface area contributed by atoms with E-state index in [1.54, 1.807) is 0 Å². The van der Waals surface area contributed by atoms with Gasteiger partial charge in [-0.3, -0.25) is 0 Å². The predicted octanol–water partition coefficient (Wildman–Crippen LogP) is 6.48. The van der Waals surface area contributed by atoms with Crippen molar-refractivity contribution < 1.29 is 0 Å². The van der Waals surface area contributed by atoms with Crippen molar-refractivity contribution in [3.63, 3.8) is 0 Å². The van der Waals surface area contributed by atoms with Crippen molar-refractivity contribution in [1.82, 2.24) is 4.57 Å². The SMILES string of the molecule is Cc1c(-c2cccc(N3CCN(c4ccc(N)cc4)C3)c2)c(C2=CC=C(Cl)CC2)n(C)c1C. The van der Waals surface area contributed by atoms with Crippen LogP contribution in [0.15, 0.2) is 65.7 Å². The molecule has 5 heteroatoms. The molecule has 2 aromatic carbocycles. The largest absolute Gasteiger partial charge is 0.399 e. The molecule has 0 radical (unpaired) electrons.